The van der Waals surface area contributed by atoms with Crippen molar-refractivity contribution < 1.29 is 9.59 Å². The highest BCUT2D eigenvalue weighted by atomic mass is 16.2. The third kappa shape index (κ3) is 3.14. The number of carbonyl (C=O) groups is 2. The van der Waals surface area contributed by atoms with Crippen molar-refractivity contribution in [1.29, 1.82) is 0 Å². The summed E-state index contributed by atoms with van der Waals surface area (Å²) in [7, 11) is 0. The maximum Gasteiger partial charge on any atom is 0.254 e. The van der Waals surface area contributed by atoms with Crippen LogP contribution in [0.15, 0.2) is 24.3 Å². The van der Waals surface area contributed by atoms with E-state index in [1.165, 1.54) is 0 Å². The number of likely N-dealkylation sites (tertiary alicyclic amines) is 1. The third-order valence-electron chi connectivity index (χ3n) is 4.58. The van der Waals surface area contributed by atoms with Crippen LogP contribution < -0.4 is 11.1 Å². The monoisotopic (exact) mass is 301 g/mol. The second-order valence-corrected chi connectivity index (χ2v) is 6.49. The molecule has 2 unspecified atom stereocenters. The zero-order valence-electron chi connectivity index (χ0n) is 12.9. The molecule has 22 heavy (non-hydrogen) atoms. The van der Waals surface area contributed by atoms with Crippen molar-refractivity contribution in [2.45, 2.75) is 32.2 Å². The lowest BCUT2D eigenvalue weighted by molar-refractivity contribution is -0.117. The number of nitrogens with two attached hydrogens (primary N) is 1. The Morgan fingerprint density at radius 1 is 1.36 bits per heavy atom. The van der Waals surface area contributed by atoms with Gasteiger partial charge in [0.1, 0.15) is 0 Å². The summed E-state index contributed by atoms with van der Waals surface area (Å²) in [5.74, 6) is 0.619. The molecule has 1 saturated heterocycles. The van der Waals surface area contributed by atoms with Gasteiger partial charge in [-0.1, -0.05) is 6.07 Å². The molecule has 0 spiro atoms. The van der Waals surface area contributed by atoms with Crippen molar-refractivity contribution in [2.75, 3.05) is 18.4 Å². The minimum absolute atomic E-state index is 0.0194. The molecule has 1 heterocycles. The fourth-order valence-corrected chi connectivity index (χ4v) is 3.08. The molecule has 1 aliphatic heterocycles. The highest BCUT2D eigenvalue weighted by Gasteiger charge is 2.32. The van der Waals surface area contributed by atoms with Gasteiger partial charge in [-0.25, -0.2) is 0 Å². The lowest BCUT2D eigenvalue weighted by atomic mass is 10.1. The van der Waals surface area contributed by atoms with E-state index in [0.717, 1.165) is 25.8 Å². The molecule has 1 aliphatic carbocycles. The SMILES string of the molecule is CC1CC(CN)CN1C(=O)c1cccc(NC(=O)C2CC2)c1. The first-order valence-electron chi connectivity index (χ1n) is 8.00. The molecule has 0 radical (unpaired) electrons. The van der Waals surface area contributed by atoms with Crippen LogP contribution in [0.2, 0.25) is 0 Å². The molecule has 0 aromatic heterocycles. The van der Waals surface area contributed by atoms with Gasteiger partial charge in [0.25, 0.3) is 5.91 Å². The Bertz CT molecular complexity index is 583. The van der Waals surface area contributed by atoms with Gasteiger partial charge in [0.05, 0.1) is 0 Å². The van der Waals surface area contributed by atoms with E-state index in [0.29, 0.717) is 23.7 Å². The lowest BCUT2D eigenvalue weighted by Crippen LogP contribution is -2.34. The molecule has 2 amide bonds. The summed E-state index contributed by atoms with van der Waals surface area (Å²) in [5, 5.41) is 2.89. The van der Waals surface area contributed by atoms with Gasteiger partial charge in [0.2, 0.25) is 5.91 Å². The fraction of sp³-hybridized carbons (Fsp3) is 0.529. The minimum Gasteiger partial charge on any atom is -0.336 e. The molecule has 118 valence electrons. The number of carbonyl (C=O) groups excluding carboxylic acids is 2. The average Bonchev–Trinajstić information content (AvgIpc) is 3.30. The van der Waals surface area contributed by atoms with Crippen molar-refractivity contribution in [3.8, 4) is 0 Å². The number of nitrogens with one attached hydrogen (secondary N) is 1. The molecule has 3 rings (SSSR count). The van der Waals surface area contributed by atoms with Crippen molar-refractivity contribution in [2.24, 2.45) is 17.6 Å². The molecule has 5 nitrogen and oxygen atoms in total. The van der Waals surface area contributed by atoms with E-state index < -0.39 is 0 Å². The first-order valence-corrected chi connectivity index (χ1v) is 8.00. The van der Waals surface area contributed by atoms with Gasteiger partial charge >= 0.3 is 0 Å². The molecule has 5 heteroatoms. The second kappa shape index (κ2) is 6.08. The van der Waals surface area contributed by atoms with Crippen molar-refractivity contribution in [3.05, 3.63) is 29.8 Å². The zero-order valence-corrected chi connectivity index (χ0v) is 12.9. The van der Waals surface area contributed by atoms with Crippen LogP contribution in [0.1, 0.15) is 36.5 Å². The highest BCUT2D eigenvalue weighted by Crippen LogP contribution is 2.30. The normalized spacial score (nSPS) is 24.4. The Balaban J connectivity index is 1.71. The van der Waals surface area contributed by atoms with E-state index in [1.807, 2.05) is 17.0 Å². The summed E-state index contributed by atoms with van der Waals surface area (Å²) < 4.78 is 0. The maximum atomic E-state index is 12.7. The van der Waals surface area contributed by atoms with Gasteiger partial charge < -0.3 is 16.0 Å². The Labute approximate surface area is 130 Å². The van der Waals surface area contributed by atoms with Crippen LogP contribution in [0.3, 0.4) is 0 Å². The molecule has 0 bridgehead atoms. The van der Waals surface area contributed by atoms with Crippen molar-refractivity contribution in [1.82, 2.24) is 4.90 Å². The quantitative estimate of drug-likeness (QED) is 0.891. The lowest BCUT2D eigenvalue weighted by Gasteiger charge is -2.22. The topological polar surface area (TPSA) is 75.4 Å². The third-order valence-corrected chi connectivity index (χ3v) is 4.58. The van der Waals surface area contributed by atoms with E-state index in [4.69, 9.17) is 5.73 Å². The van der Waals surface area contributed by atoms with Crippen LogP contribution in [-0.2, 0) is 4.79 Å². The Hall–Kier alpha value is -1.88. The summed E-state index contributed by atoms with van der Waals surface area (Å²) in [5.41, 5.74) is 7.05. The number of benzene rings is 1. The smallest absolute Gasteiger partial charge is 0.254 e. The average molecular weight is 301 g/mol. The summed E-state index contributed by atoms with van der Waals surface area (Å²) in [6.07, 6.45) is 2.90. The van der Waals surface area contributed by atoms with Gasteiger partial charge in [-0.15, -0.1) is 0 Å². The van der Waals surface area contributed by atoms with E-state index in [9.17, 15) is 9.59 Å². The Morgan fingerprint density at radius 3 is 2.77 bits per heavy atom. The summed E-state index contributed by atoms with van der Waals surface area (Å²) >= 11 is 0. The Kier molecular flexibility index (Phi) is 4.16. The van der Waals surface area contributed by atoms with Crippen molar-refractivity contribution in [3.63, 3.8) is 0 Å². The Morgan fingerprint density at radius 2 is 2.14 bits per heavy atom. The summed E-state index contributed by atoms with van der Waals surface area (Å²) in [6.45, 7) is 3.40. The molecule has 1 saturated carbocycles. The largest absolute Gasteiger partial charge is 0.336 e. The van der Waals surface area contributed by atoms with Gasteiger partial charge in [-0.05, 0) is 56.8 Å². The van der Waals surface area contributed by atoms with Gasteiger partial charge in [-0.2, -0.15) is 0 Å². The molecule has 3 N–H and O–H groups in total. The molecule has 2 fully saturated rings. The van der Waals surface area contributed by atoms with Crippen LogP contribution in [0.25, 0.3) is 0 Å². The number of rotatable bonds is 4. The zero-order chi connectivity index (χ0) is 15.7. The van der Waals surface area contributed by atoms with Gasteiger partial charge in [-0.3, -0.25) is 9.59 Å². The predicted octanol–water partition coefficient (Wildman–Crippen LogP) is 1.84. The molecule has 2 atom stereocenters. The standard InChI is InChI=1S/C17H23N3O2/c1-11-7-12(9-18)10-20(11)17(22)14-3-2-4-15(8-14)19-16(21)13-5-6-13/h2-4,8,11-13H,5-7,9-10,18H2,1H3,(H,19,21). The van der Waals surface area contributed by atoms with E-state index >= 15 is 0 Å². The second-order valence-electron chi connectivity index (χ2n) is 6.49. The maximum absolute atomic E-state index is 12.7. The molecule has 1 aromatic carbocycles. The first kappa shape index (κ1) is 15.0. The molecule has 1 aromatic rings. The van der Waals surface area contributed by atoms with Gasteiger partial charge in [0.15, 0.2) is 0 Å². The van der Waals surface area contributed by atoms with Crippen LogP contribution in [-0.4, -0.2) is 35.8 Å². The summed E-state index contributed by atoms with van der Waals surface area (Å²) in [4.78, 5) is 26.4. The fourth-order valence-electron chi connectivity index (χ4n) is 3.08. The number of hydrogen-bond donors (Lipinski definition) is 2. The highest BCUT2D eigenvalue weighted by molar-refractivity contribution is 5.98. The molecular weight excluding hydrogens is 278 g/mol. The van der Waals surface area contributed by atoms with Crippen molar-refractivity contribution >= 4 is 17.5 Å². The first-order chi connectivity index (χ1) is 10.6. The van der Waals surface area contributed by atoms with Gasteiger partial charge in [0, 0.05) is 29.8 Å². The van der Waals surface area contributed by atoms with E-state index in [1.54, 1.807) is 12.1 Å². The number of amides is 2. The minimum atomic E-state index is 0.0194. The molecular formula is C17H23N3O2. The number of anilines is 1. The predicted molar refractivity (Wildman–Crippen MR) is 85.5 cm³/mol. The number of hydrogen-bond acceptors (Lipinski definition) is 3. The van der Waals surface area contributed by atoms with Crippen LogP contribution >= 0.6 is 0 Å². The van der Waals surface area contributed by atoms with Crippen LogP contribution in [0, 0.1) is 11.8 Å². The van der Waals surface area contributed by atoms with Crippen LogP contribution in [0.4, 0.5) is 5.69 Å². The van der Waals surface area contributed by atoms with E-state index in [-0.39, 0.29) is 23.8 Å². The van der Waals surface area contributed by atoms with Crippen LogP contribution in [0.5, 0.6) is 0 Å². The number of nitrogens with zero attached hydrogens (tertiary/aromatic N) is 1. The summed E-state index contributed by atoms with van der Waals surface area (Å²) in [6, 6.07) is 7.43. The van der Waals surface area contributed by atoms with E-state index in [2.05, 4.69) is 12.2 Å². The molecule has 2 aliphatic rings.